The number of hydrogen-bond acceptors (Lipinski definition) is 7. The van der Waals surface area contributed by atoms with Gasteiger partial charge in [-0.15, -0.1) is 0 Å². The van der Waals surface area contributed by atoms with Gasteiger partial charge in [0.05, 0.1) is 12.7 Å². The fourth-order valence-corrected chi connectivity index (χ4v) is 16.5. The molecule has 0 spiro atoms. The summed E-state index contributed by atoms with van der Waals surface area (Å²) >= 11 is 5.53. The summed E-state index contributed by atoms with van der Waals surface area (Å²) < 4.78 is 35.5. The summed E-state index contributed by atoms with van der Waals surface area (Å²) in [5.74, 6) is 0. The van der Waals surface area contributed by atoms with Crippen LogP contribution in [0.1, 0.15) is 62.3 Å². The predicted octanol–water partition coefficient (Wildman–Crippen LogP) is 5.15. The minimum atomic E-state index is -2.74. The third kappa shape index (κ3) is 4.64. The topological polar surface area (TPSA) is 64.0 Å². The normalized spacial score (nSPS) is 29.9. The zero-order valence-corrected chi connectivity index (χ0v) is 23.7. The first-order valence-corrected chi connectivity index (χ1v) is 16.2. The molecule has 0 aromatic carbocycles. The Kier molecular flexibility index (Phi) is 8.06. The molecule has 0 N–H and O–H groups in total. The quantitative estimate of drug-likeness (QED) is 0.409. The minimum Gasteiger partial charge on any atom is -0.462 e. The van der Waals surface area contributed by atoms with E-state index in [4.69, 9.17) is 34.7 Å². The summed E-state index contributed by atoms with van der Waals surface area (Å²) in [7, 11) is -5.32. The number of rotatable bonds is 5. The standard InChI is InChI=1S/C22H40N2O5SSi2/c1-14(2)31(15(3)4)25-12-19-21(28-32(29-31,16(5)6)17(7)8)20(18(9)26-19)27-22(30)24-11-10-23-13-24/h10-11,13-21H,12H2,1-9H3/t18-,19-,20?,21-/m0/s1. The maximum absolute atomic E-state index is 7.26. The largest absolute Gasteiger partial charge is 0.462 e. The number of aromatic nitrogens is 2. The Bertz CT molecular complexity index is 758. The molecule has 2 fully saturated rings. The first-order chi connectivity index (χ1) is 14.9. The lowest BCUT2D eigenvalue weighted by Crippen LogP contribution is -2.66. The van der Waals surface area contributed by atoms with Crippen LogP contribution in [0.15, 0.2) is 18.7 Å². The van der Waals surface area contributed by atoms with Gasteiger partial charge in [-0.1, -0.05) is 55.4 Å². The summed E-state index contributed by atoms with van der Waals surface area (Å²) in [6.45, 7) is 20.2. The number of thiocarbonyl (C=S) groups is 1. The number of nitrogens with zero attached hydrogens (tertiary/aromatic N) is 2. The fourth-order valence-electron chi connectivity index (χ4n) is 5.03. The third-order valence-corrected chi connectivity index (χ3v) is 17.4. The van der Waals surface area contributed by atoms with Crippen molar-refractivity contribution in [3.63, 3.8) is 0 Å². The smallest absolute Gasteiger partial charge is 0.335 e. The Morgan fingerprint density at radius 3 is 2.12 bits per heavy atom. The monoisotopic (exact) mass is 500 g/mol. The molecule has 1 aromatic heterocycles. The molecule has 0 amide bonds. The van der Waals surface area contributed by atoms with Gasteiger partial charge >= 0.3 is 17.1 Å². The van der Waals surface area contributed by atoms with Crippen LogP contribution in [0.25, 0.3) is 0 Å². The van der Waals surface area contributed by atoms with E-state index in [1.54, 1.807) is 23.3 Å². The van der Waals surface area contributed by atoms with Crippen molar-refractivity contribution in [2.45, 2.75) is 109 Å². The average molecular weight is 501 g/mol. The van der Waals surface area contributed by atoms with Gasteiger partial charge in [0.15, 0.2) is 6.10 Å². The van der Waals surface area contributed by atoms with Gasteiger partial charge in [-0.2, -0.15) is 0 Å². The predicted molar refractivity (Wildman–Crippen MR) is 133 cm³/mol. The molecule has 0 aliphatic carbocycles. The van der Waals surface area contributed by atoms with Crippen molar-refractivity contribution in [3.05, 3.63) is 18.7 Å². The lowest BCUT2D eigenvalue weighted by atomic mass is 10.1. The van der Waals surface area contributed by atoms with Gasteiger partial charge in [-0.3, -0.25) is 4.57 Å². The zero-order chi connectivity index (χ0) is 23.8. The molecule has 3 rings (SSSR count). The number of hydrogen-bond donors (Lipinski definition) is 0. The van der Waals surface area contributed by atoms with E-state index in [-0.39, 0.29) is 35.5 Å². The molecule has 0 radical (unpaired) electrons. The summed E-state index contributed by atoms with van der Waals surface area (Å²) in [4.78, 5) is 4.07. The van der Waals surface area contributed by atoms with Gasteiger partial charge in [0, 0.05) is 12.4 Å². The van der Waals surface area contributed by atoms with Crippen LogP contribution in [-0.4, -0.2) is 62.9 Å². The average Bonchev–Trinajstić information content (AvgIpc) is 3.31. The highest BCUT2D eigenvalue weighted by Gasteiger charge is 2.61. The van der Waals surface area contributed by atoms with Crippen molar-refractivity contribution >= 4 is 34.5 Å². The second-order valence-corrected chi connectivity index (χ2v) is 19.4. The number of imidazole rings is 1. The Labute approximate surface area is 200 Å². The van der Waals surface area contributed by atoms with Gasteiger partial charge in [-0.05, 0) is 41.3 Å². The van der Waals surface area contributed by atoms with E-state index in [1.807, 2.05) is 6.92 Å². The summed E-state index contributed by atoms with van der Waals surface area (Å²) in [5, 5.41) is 0.338. The summed E-state index contributed by atoms with van der Waals surface area (Å²) in [5.41, 5.74) is 1.08. The van der Waals surface area contributed by atoms with Crippen LogP contribution in [0, 0.1) is 0 Å². The molecule has 7 nitrogen and oxygen atoms in total. The summed E-state index contributed by atoms with van der Waals surface area (Å²) in [6.07, 6.45) is 4.02. The highest BCUT2D eigenvalue weighted by atomic mass is 32.1. The van der Waals surface area contributed by atoms with Crippen LogP contribution in [0.2, 0.25) is 22.2 Å². The SMILES string of the molecule is CC(C)[Si]1(C(C)C)OC[C@@H]2O[C@@H](C)C(OC(=S)n3ccnc3)[C@H]2O[Si](C(C)C)(C(C)C)O1. The van der Waals surface area contributed by atoms with E-state index in [0.29, 0.717) is 22.9 Å². The molecule has 2 aliphatic heterocycles. The van der Waals surface area contributed by atoms with Crippen molar-refractivity contribution in [2.24, 2.45) is 0 Å². The number of fused-ring (bicyclic) bond motifs is 1. The molecule has 3 heterocycles. The minimum absolute atomic E-state index is 0.187. The molecule has 0 bridgehead atoms. The molecular formula is C22H40N2O5SSi2. The Morgan fingerprint density at radius 2 is 1.62 bits per heavy atom. The molecule has 0 saturated carbocycles. The highest BCUT2D eigenvalue weighted by Crippen LogP contribution is 2.47. The van der Waals surface area contributed by atoms with Gasteiger partial charge in [-0.25, -0.2) is 4.98 Å². The third-order valence-electron chi connectivity index (χ3n) is 6.83. The zero-order valence-electron chi connectivity index (χ0n) is 20.9. The van der Waals surface area contributed by atoms with Crippen LogP contribution in [0.3, 0.4) is 0 Å². The van der Waals surface area contributed by atoms with E-state index in [1.165, 1.54) is 0 Å². The first-order valence-electron chi connectivity index (χ1n) is 11.8. The van der Waals surface area contributed by atoms with Crippen molar-refractivity contribution in [1.29, 1.82) is 0 Å². The fraction of sp³-hybridized carbons (Fsp3) is 0.818. The van der Waals surface area contributed by atoms with Crippen molar-refractivity contribution in [2.75, 3.05) is 6.61 Å². The van der Waals surface area contributed by atoms with Gasteiger partial charge in [0.1, 0.15) is 18.5 Å². The van der Waals surface area contributed by atoms with E-state index in [9.17, 15) is 0 Å². The van der Waals surface area contributed by atoms with Crippen molar-refractivity contribution in [1.82, 2.24) is 9.55 Å². The molecule has 2 aliphatic rings. The maximum atomic E-state index is 7.26. The molecule has 10 heteroatoms. The number of ether oxygens (including phenoxy) is 2. The molecule has 32 heavy (non-hydrogen) atoms. The van der Waals surface area contributed by atoms with Crippen LogP contribution in [-0.2, 0) is 22.4 Å². The van der Waals surface area contributed by atoms with E-state index >= 15 is 0 Å². The molecule has 1 aromatic rings. The second kappa shape index (κ2) is 9.93. The maximum Gasteiger partial charge on any atom is 0.335 e. The second-order valence-electron chi connectivity index (χ2n) is 10.3. The van der Waals surface area contributed by atoms with Crippen molar-refractivity contribution in [3.8, 4) is 0 Å². The Hall–Kier alpha value is -0.626. The molecular weight excluding hydrogens is 460 g/mol. The van der Waals surface area contributed by atoms with Crippen LogP contribution in [0.5, 0.6) is 0 Å². The summed E-state index contributed by atoms with van der Waals surface area (Å²) in [6, 6.07) is 0. The molecule has 2 saturated heterocycles. The lowest BCUT2D eigenvalue weighted by Gasteiger charge is -2.51. The Morgan fingerprint density at radius 1 is 1.03 bits per heavy atom. The first kappa shape index (κ1) is 26.0. The molecule has 1 unspecified atom stereocenters. The van der Waals surface area contributed by atoms with Gasteiger partial charge in [0.25, 0.3) is 5.17 Å². The van der Waals surface area contributed by atoms with E-state index in [2.05, 4.69) is 60.4 Å². The van der Waals surface area contributed by atoms with Crippen LogP contribution >= 0.6 is 12.2 Å². The van der Waals surface area contributed by atoms with Crippen molar-refractivity contribution < 1.29 is 22.4 Å². The Balaban J connectivity index is 1.99. The van der Waals surface area contributed by atoms with Gasteiger partial charge < -0.3 is 22.4 Å². The molecule has 182 valence electrons. The highest BCUT2D eigenvalue weighted by molar-refractivity contribution is 7.80. The van der Waals surface area contributed by atoms with E-state index in [0.717, 1.165) is 0 Å². The lowest BCUT2D eigenvalue weighted by molar-refractivity contribution is -0.0359. The van der Waals surface area contributed by atoms with Crippen LogP contribution < -0.4 is 0 Å². The van der Waals surface area contributed by atoms with Crippen LogP contribution in [0.4, 0.5) is 0 Å². The molecule has 4 atom stereocenters. The van der Waals surface area contributed by atoms with Gasteiger partial charge in [0.2, 0.25) is 0 Å². The van der Waals surface area contributed by atoms with E-state index < -0.39 is 17.1 Å².